The Balaban J connectivity index is 2.09. The highest BCUT2D eigenvalue weighted by atomic mass is 32.2. The van der Waals surface area contributed by atoms with E-state index in [4.69, 9.17) is 0 Å². The monoisotopic (exact) mass is 280 g/mol. The molecule has 0 aliphatic heterocycles. The Hall–Kier alpha value is -1.49. The number of aromatic nitrogens is 2. The average Bonchev–Trinajstić information content (AvgIpc) is 2.86. The molecule has 1 aromatic heterocycles. The maximum absolute atomic E-state index is 13.1. The summed E-state index contributed by atoms with van der Waals surface area (Å²) >= 11 is 0. The van der Waals surface area contributed by atoms with Gasteiger partial charge >= 0.3 is 0 Å². The summed E-state index contributed by atoms with van der Waals surface area (Å²) < 4.78 is 27.1. The Kier molecular flexibility index (Phi) is 4.47. The molecule has 2 aromatic rings. The lowest BCUT2D eigenvalue weighted by Gasteiger charge is -2.08. The number of rotatable bonds is 5. The lowest BCUT2D eigenvalue weighted by Crippen LogP contribution is -2.05. The van der Waals surface area contributed by atoms with Crippen molar-refractivity contribution in [3.8, 4) is 0 Å². The van der Waals surface area contributed by atoms with Gasteiger partial charge in [0.25, 0.3) is 0 Å². The average molecular weight is 280 g/mol. The minimum absolute atomic E-state index is 0.312. The van der Waals surface area contributed by atoms with E-state index in [2.05, 4.69) is 18.9 Å². The second kappa shape index (κ2) is 6.10. The second-order valence-corrected chi connectivity index (χ2v) is 5.94. The zero-order chi connectivity index (χ0) is 13.8. The molecule has 0 fully saturated rings. The Morgan fingerprint density at radius 2 is 2.21 bits per heavy atom. The zero-order valence-electron chi connectivity index (χ0n) is 11.0. The SMILES string of the molecule is CCC(C)n1ccc(CS(=O)c2cccc(F)c2)n1. The van der Waals surface area contributed by atoms with Gasteiger partial charge in [-0.25, -0.2) is 4.39 Å². The van der Waals surface area contributed by atoms with Gasteiger partial charge in [-0.2, -0.15) is 5.10 Å². The van der Waals surface area contributed by atoms with Crippen LogP contribution in [-0.4, -0.2) is 14.0 Å². The van der Waals surface area contributed by atoms with Gasteiger partial charge in [-0.05, 0) is 37.6 Å². The fourth-order valence-electron chi connectivity index (χ4n) is 1.71. The smallest absolute Gasteiger partial charge is 0.124 e. The molecule has 0 bridgehead atoms. The first-order valence-electron chi connectivity index (χ1n) is 6.28. The number of nitrogens with zero attached hydrogens (tertiary/aromatic N) is 2. The van der Waals surface area contributed by atoms with Crippen LogP contribution < -0.4 is 0 Å². The molecule has 0 aliphatic carbocycles. The number of hydrogen-bond acceptors (Lipinski definition) is 2. The summed E-state index contributed by atoms with van der Waals surface area (Å²) in [7, 11) is -1.26. The molecule has 0 aliphatic rings. The van der Waals surface area contributed by atoms with Crippen molar-refractivity contribution in [2.45, 2.75) is 37.0 Å². The predicted octanol–water partition coefficient (Wildman–Crippen LogP) is 3.30. The van der Waals surface area contributed by atoms with Crippen LogP contribution in [0.15, 0.2) is 41.4 Å². The molecule has 0 radical (unpaired) electrons. The molecule has 102 valence electrons. The van der Waals surface area contributed by atoms with Crippen LogP contribution in [0.5, 0.6) is 0 Å². The van der Waals surface area contributed by atoms with E-state index < -0.39 is 10.8 Å². The van der Waals surface area contributed by atoms with Crippen LogP contribution >= 0.6 is 0 Å². The van der Waals surface area contributed by atoms with Gasteiger partial charge in [-0.3, -0.25) is 8.89 Å². The molecule has 0 spiro atoms. The van der Waals surface area contributed by atoms with E-state index >= 15 is 0 Å². The first-order valence-corrected chi connectivity index (χ1v) is 7.60. The largest absolute Gasteiger partial charge is 0.270 e. The van der Waals surface area contributed by atoms with Gasteiger partial charge in [0, 0.05) is 17.1 Å². The van der Waals surface area contributed by atoms with Crippen LogP contribution in [0.1, 0.15) is 32.0 Å². The molecule has 2 atom stereocenters. The molecule has 1 heterocycles. The molecular formula is C14H17FN2OS. The summed E-state index contributed by atoms with van der Waals surface area (Å²) in [4.78, 5) is 0.498. The highest BCUT2D eigenvalue weighted by Gasteiger charge is 2.10. The lowest BCUT2D eigenvalue weighted by molar-refractivity contribution is 0.475. The molecule has 5 heteroatoms. The van der Waals surface area contributed by atoms with Crippen LogP contribution in [0.3, 0.4) is 0 Å². The second-order valence-electron chi connectivity index (χ2n) is 4.49. The normalized spacial score (nSPS) is 14.3. The third-order valence-corrected chi connectivity index (χ3v) is 4.38. The van der Waals surface area contributed by atoms with Gasteiger partial charge in [0.2, 0.25) is 0 Å². The zero-order valence-corrected chi connectivity index (χ0v) is 11.9. The Morgan fingerprint density at radius 1 is 1.42 bits per heavy atom. The molecule has 0 saturated carbocycles. The fourth-order valence-corrected chi connectivity index (χ4v) is 2.78. The minimum atomic E-state index is -1.26. The van der Waals surface area contributed by atoms with E-state index in [1.165, 1.54) is 12.1 Å². The highest BCUT2D eigenvalue weighted by Crippen LogP contribution is 2.14. The molecule has 0 N–H and O–H groups in total. The summed E-state index contributed by atoms with van der Waals surface area (Å²) in [5, 5.41) is 4.40. The summed E-state index contributed by atoms with van der Waals surface area (Å²) in [6, 6.07) is 8.09. The molecule has 2 unspecified atom stereocenters. The van der Waals surface area contributed by atoms with Crippen molar-refractivity contribution in [3.63, 3.8) is 0 Å². The maximum Gasteiger partial charge on any atom is 0.124 e. The Morgan fingerprint density at radius 3 is 2.89 bits per heavy atom. The molecule has 19 heavy (non-hydrogen) atoms. The standard InChI is InChI=1S/C14H17FN2OS/c1-3-11(2)17-8-7-13(16-17)10-19(18)14-6-4-5-12(15)9-14/h4-9,11H,3,10H2,1-2H3. The Bertz CT molecular complexity index is 582. The maximum atomic E-state index is 13.1. The van der Waals surface area contributed by atoms with Gasteiger partial charge in [0.05, 0.1) is 22.2 Å². The van der Waals surface area contributed by atoms with E-state index in [0.29, 0.717) is 16.7 Å². The van der Waals surface area contributed by atoms with E-state index in [1.54, 1.807) is 12.1 Å². The predicted molar refractivity (Wildman–Crippen MR) is 73.7 cm³/mol. The summed E-state index contributed by atoms with van der Waals surface area (Å²) in [6.07, 6.45) is 2.89. The van der Waals surface area contributed by atoms with Crippen LogP contribution in [0.4, 0.5) is 4.39 Å². The van der Waals surface area contributed by atoms with Crippen molar-refractivity contribution in [2.24, 2.45) is 0 Å². The van der Waals surface area contributed by atoms with Gasteiger partial charge in [0.15, 0.2) is 0 Å². The van der Waals surface area contributed by atoms with Gasteiger partial charge in [0.1, 0.15) is 5.82 Å². The van der Waals surface area contributed by atoms with Crippen molar-refractivity contribution in [3.05, 3.63) is 48.0 Å². The fraction of sp³-hybridized carbons (Fsp3) is 0.357. The number of benzene rings is 1. The van der Waals surface area contributed by atoms with Crippen molar-refractivity contribution < 1.29 is 8.60 Å². The first kappa shape index (κ1) is 13.9. The molecule has 3 nitrogen and oxygen atoms in total. The van der Waals surface area contributed by atoms with Crippen molar-refractivity contribution in [1.29, 1.82) is 0 Å². The third kappa shape index (κ3) is 3.50. The van der Waals surface area contributed by atoms with E-state index in [-0.39, 0.29) is 5.82 Å². The molecule has 2 rings (SSSR count). The Labute approximate surface area is 114 Å². The summed E-state index contributed by atoms with van der Waals surface area (Å²) in [5.74, 6) is -0.0524. The van der Waals surface area contributed by atoms with Crippen LogP contribution in [0.25, 0.3) is 0 Å². The first-order chi connectivity index (χ1) is 9.10. The van der Waals surface area contributed by atoms with Crippen molar-refractivity contribution in [2.75, 3.05) is 0 Å². The summed E-state index contributed by atoms with van der Waals surface area (Å²) in [5.41, 5.74) is 0.767. The molecule has 1 aromatic carbocycles. The number of hydrogen-bond donors (Lipinski definition) is 0. The van der Waals surface area contributed by atoms with Gasteiger partial charge in [-0.15, -0.1) is 0 Å². The number of halogens is 1. The van der Waals surface area contributed by atoms with Gasteiger partial charge < -0.3 is 0 Å². The highest BCUT2D eigenvalue weighted by molar-refractivity contribution is 7.84. The topological polar surface area (TPSA) is 34.9 Å². The molecule has 0 saturated heterocycles. The van der Waals surface area contributed by atoms with Crippen LogP contribution in [0.2, 0.25) is 0 Å². The minimum Gasteiger partial charge on any atom is -0.270 e. The van der Waals surface area contributed by atoms with Crippen molar-refractivity contribution >= 4 is 10.8 Å². The third-order valence-electron chi connectivity index (χ3n) is 3.04. The van der Waals surface area contributed by atoms with E-state index in [0.717, 1.165) is 12.1 Å². The van der Waals surface area contributed by atoms with Crippen LogP contribution in [-0.2, 0) is 16.6 Å². The van der Waals surface area contributed by atoms with E-state index in [9.17, 15) is 8.60 Å². The molecular weight excluding hydrogens is 263 g/mol. The lowest BCUT2D eigenvalue weighted by atomic mass is 10.3. The van der Waals surface area contributed by atoms with Crippen LogP contribution in [0, 0.1) is 5.82 Å². The van der Waals surface area contributed by atoms with E-state index in [1.807, 2.05) is 16.9 Å². The van der Waals surface area contributed by atoms with Gasteiger partial charge in [-0.1, -0.05) is 13.0 Å². The quantitative estimate of drug-likeness (QED) is 0.842. The molecule has 0 amide bonds. The summed E-state index contributed by atoms with van der Waals surface area (Å²) in [6.45, 7) is 4.18. The van der Waals surface area contributed by atoms with Crippen molar-refractivity contribution in [1.82, 2.24) is 9.78 Å².